The van der Waals surface area contributed by atoms with Crippen LogP contribution >= 0.6 is 0 Å². The Morgan fingerprint density at radius 3 is 2.22 bits per heavy atom. The van der Waals surface area contributed by atoms with Gasteiger partial charge in [0.1, 0.15) is 17.4 Å². The van der Waals surface area contributed by atoms with Crippen molar-refractivity contribution in [2.45, 2.75) is 52.8 Å². The van der Waals surface area contributed by atoms with E-state index in [4.69, 9.17) is 9.52 Å². The lowest BCUT2D eigenvalue weighted by atomic mass is 9.88. The van der Waals surface area contributed by atoms with Crippen LogP contribution in [0, 0.1) is 5.41 Å². The molecule has 0 saturated carbocycles. The van der Waals surface area contributed by atoms with Crippen LogP contribution in [0.25, 0.3) is 0 Å². The van der Waals surface area contributed by atoms with E-state index in [1.807, 2.05) is 5.32 Å². The minimum absolute atomic E-state index is 0.0435. The van der Waals surface area contributed by atoms with Crippen LogP contribution in [0.2, 0.25) is 0 Å². The van der Waals surface area contributed by atoms with Crippen molar-refractivity contribution in [1.82, 2.24) is 5.32 Å². The molecule has 2 N–H and O–H groups in total. The maximum Gasteiger partial charge on any atom is 0.408 e. The van der Waals surface area contributed by atoms with E-state index in [0.717, 1.165) is 6.07 Å². The summed E-state index contributed by atoms with van der Waals surface area (Å²) in [7, 11) is 0. The molecule has 130 valence electrons. The standard InChI is InChI=1S/C15H20F3NO4/c1-5-9-8(13(21)22)6-10(23-9)12(20)19-11(15(16,17)18)7-14(2,3)4/h6,11H,5,7H2,1-4H3,(H,19,20)(H,21,22). The number of hydrogen-bond acceptors (Lipinski definition) is 3. The van der Waals surface area contributed by atoms with Crippen molar-refractivity contribution >= 4 is 11.9 Å². The number of hydrogen-bond donors (Lipinski definition) is 2. The third kappa shape index (κ3) is 5.30. The number of carbonyl (C=O) groups excluding carboxylic acids is 1. The number of nitrogens with one attached hydrogen (secondary N) is 1. The van der Waals surface area contributed by atoms with E-state index in [0.29, 0.717) is 0 Å². The second-order valence-corrected chi connectivity index (χ2v) is 6.44. The molecule has 1 amide bonds. The van der Waals surface area contributed by atoms with E-state index in [2.05, 4.69) is 0 Å². The van der Waals surface area contributed by atoms with Crippen LogP contribution in [-0.4, -0.2) is 29.2 Å². The number of halogens is 3. The van der Waals surface area contributed by atoms with Gasteiger partial charge < -0.3 is 14.8 Å². The molecule has 0 spiro atoms. The van der Waals surface area contributed by atoms with E-state index >= 15 is 0 Å². The lowest BCUT2D eigenvalue weighted by Gasteiger charge is -2.28. The van der Waals surface area contributed by atoms with Crippen molar-refractivity contribution in [1.29, 1.82) is 0 Å². The zero-order valence-electron chi connectivity index (χ0n) is 13.4. The summed E-state index contributed by atoms with van der Waals surface area (Å²) in [5.41, 5.74) is -0.880. The Hall–Kier alpha value is -1.99. The Bertz CT molecular complexity index is 585. The van der Waals surface area contributed by atoms with Gasteiger partial charge in [-0.25, -0.2) is 4.79 Å². The van der Waals surface area contributed by atoms with Crippen LogP contribution in [0.15, 0.2) is 10.5 Å². The molecule has 0 aliphatic carbocycles. The number of carboxylic acid groups (broad SMARTS) is 1. The third-order valence-corrected chi connectivity index (χ3v) is 3.10. The molecule has 0 saturated heterocycles. The molecule has 0 bridgehead atoms. The Kier molecular flexibility index (Phi) is 5.50. The van der Waals surface area contributed by atoms with Crippen molar-refractivity contribution in [2.24, 2.45) is 5.41 Å². The fourth-order valence-electron chi connectivity index (χ4n) is 2.07. The maximum atomic E-state index is 13.1. The first-order valence-corrected chi connectivity index (χ1v) is 7.08. The molecule has 23 heavy (non-hydrogen) atoms. The molecule has 1 unspecified atom stereocenters. The summed E-state index contributed by atoms with van der Waals surface area (Å²) in [6.45, 7) is 6.50. The Labute approximate surface area is 131 Å². The second-order valence-electron chi connectivity index (χ2n) is 6.44. The molecule has 0 aliphatic heterocycles. The molecule has 1 rings (SSSR count). The minimum atomic E-state index is -4.61. The average Bonchev–Trinajstić information content (AvgIpc) is 2.79. The Balaban J connectivity index is 3.02. The highest BCUT2D eigenvalue weighted by molar-refractivity contribution is 5.96. The van der Waals surface area contributed by atoms with Gasteiger partial charge in [0, 0.05) is 12.5 Å². The lowest BCUT2D eigenvalue weighted by molar-refractivity contribution is -0.159. The van der Waals surface area contributed by atoms with Gasteiger partial charge in [-0.15, -0.1) is 0 Å². The molecule has 0 aliphatic rings. The molecular formula is C15H20F3NO4. The van der Waals surface area contributed by atoms with Crippen molar-refractivity contribution in [3.63, 3.8) is 0 Å². The predicted molar refractivity (Wildman–Crippen MR) is 76.4 cm³/mol. The molecule has 1 heterocycles. The van der Waals surface area contributed by atoms with Gasteiger partial charge in [-0.05, 0) is 11.8 Å². The molecule has 0 aromatic carbocycles. The van der Waals surface area contributed by atoms with Gasteiger partial charge in [0.2, 0.25) is 0 Å². The maximum absolute atomic E-state index is 13.1. The normalized spacial score (nSPS) is 13.7. The first-order valence-electron chi connectivity index (χ1n) is 7.08. The molecule has 0 fully saturated rings. The van der Waals surface area contributed by atoms with Crippen LogP contribution < -0.4 is 5.32 Å². The molecule has 1 aromatic rings. The predicted octanol–water partition coefficient (Wildman–Crippen LogP) is 3.64. The summed E-state index contributed by atoms with van der Waals surface area (Å²) >= 11 is 0. The first-order chi connectivity index (χ1) is 10.3. The minimum Gasteiger partial charge on any atom is -0.478 e. The van der Waals surface area contributed by atoms with Crippen molar-refractivity contribution < 1.29 is 32.3 Å². The Morgan fingerprint density at radius 2 is 1.87 bits per heavy atom. The molecule has 1 aromatic heterocycles. The van der Waals surface area contributed by atoms with Gasteiger partial charge in [-0.2, -0.15) is 13.2 Å². The van der Waals surface area contributed by atoms with Crippen LogP contribution in [0.3, 0.4) is 0 Å². The summed E-state index contributed by atoms with van der Waals surface area (Å²) in [6.07, 6.45) is -4.71. The van der Waals surface area contributed by atoms with Crippen LogP contribution in [0.5, 0.6) is 0 Å². The number of furan rings is 1. The van der Waals surface area contributed by atoms with E-state index < -0.39 is 35.3 Å². The van der Waals surface area contributed by atoms with Gasteiger partial charge >= 0.3 is 12.1 Å². The average molecular weight is 335 g/mol. The first kappa shape index (κ1) is 19.1. The van der Waals surface area contributed by atoms with Gasteiger partial charge in [-0.1, -0.05) is 27.7 Å². The fraction of sp³-hybridized carbons (Fsp3) is 0.600. The quantitative estimate of drug-likeness (QED) is 0.861. The molecule has 1 atom stereocenters. The second kappa shape index (κ2) is 6.64. The Morgan fingerprint density at radius 1 is 1.30 bits per heavy atom. The number of rotatable bonds is 5. The highest BCUT2D eigenvalue weighted by Crippen LogP contribution is 2.31. The number of aryl methyl sites for hydroxylation is 1. The highest BCUT2D eigenvalue weighted by atomic mass is 19.4. The summed E-state index contributed by atoms with van der Waals surface area (Å²) in [6, 6.07) is -1.10. The van der Waals surface area contributed by atoms with Crippen LogP contribution in [0.4, 0.5) is 13.2 Å². The summed E-state index contributed by atoms with van der Waals surface area (Å²) in [5, 5.41) is 10.9. The van der Waals surface area contributed by atoms with Crippen LogP contribution in [0.1, 0.15) is 60.8 Å². The van der Waals surface area contributed by atoms with E-state index in [9.17, 15) is 22.8 Å². The zero-order valence-corrected chi connectivity index (χ0v) is 13.4. The summed E-state index contributed by atoms with van der Waals surface area (Å²) in [4.78, 5) is 23.0. The van der Waals surface area contributed by atoms with Crippen molar-refractivity contribution in [3.8, 4) is 0 Å². The number of carbonyl (C=O) groups is 2. The molecule has 0 radical (unpaired) electrons. The zero-order chi connectivity index (χ0) is 18.0. The number of aromatic carboxylic acids is 1. The van der Waals surface area contributed by atoms with Crippen molar-refractivity contribution in [3.05, 3.63) is 23.2 Å². The summed E-state index contributed by atoms with van der Waals surface area (Å²) in [5.74, 6) is -2.78. The van der Waals surface area contributed by atoms with E-state index in [-0.39, 0.29) is 24.2 Å². The largest absolute Gasteiger partial charge is 0.478 e. The van der Waals surface area contributed by atoms with Gasteiger partial charge in [-0.3, -0.25) is 4.79 Å². The number of carboxylic acids is 1. The molecule has 5 nitrogen and oxygen atoms in total. The summed E-state index contributed by atoms with van der Waals surface area (Å²) < 4.78 is 44.3. The van der Waals surface area contributed by atoms with Gasteiger partial charge in [0.05, 0.1) is 0 Å². The molecular weight excluding hydrogens is 315 g/mol. The lowest BCUT2D eigenvalue weighted by Crippen LogP contribution is -2.47. The SMILES string of the molecule is CCc1oc(C(=O)NC(CC(C)(C)C)C(F)(F)F)cc1C(=O)O. The van der Waals surface area contributed by atoms with Gasteiger partial charge in [0.15, 0.2) is 5.76 Å². The van der Waals surface area contributed by atoms with Crippen molar-refractivity contribution in [2.75, 3.05) is 0 Å². The van der Waals surface area contributed by atoms with Gasteiger partial charge in [0.25, 0.3) is 5.91 Å². The third-order valence-electron chi connectivity index (χ3n) is 3.10. The molecule has 8 heteroatoms. The number of alkyl halides is 3. The smallest absolute Gasteiger partial charge is 0.408 e. The van der Waals surface area contributed by atoms with E-state index in [1.54, 1.807) is 27.7 Å². The topological polar surface area (TPSA) is 79.5 Å². The monoisotopic (exact) mass is 335 g/mol. The van der Waals surface area contributed by atoms with E-state index in [1.165, 1.54) is 0 Å². The fourth-order valence-corrected chi connectivity index (χ4v) is 2.07. The van der Waals surface area contributed by atoms with Crippen LogP contribution in [-0.2, 0) is 6.42 Å². The highest BCUT2D eigenvalue weighted by Gasteiger charge is 2.43. The number of amides is 1.